The normalized spacial score (nSPS) is 22.6. The van der Waals surface area contributed by atoms with E-state index >= 15 is 0 Å². The Morgan fingerprint density at radius 2 is 2.05 bits per heavy atom. The number of nitrogens with two attached hydrogens (primary N) is 1. The summed E-state index contributed by atoms with van der Waals surface area (Å²) in [6, 6.07) is 3.20. The first-order valence-electron chi connectivity index (χ1n) is 7.85. The van der Waals surface area contributed by atoms with Crippen molar-refractivity contribution in [3.05, 3.63) is 18.0 Å². The largest absolute Gasteiger partial charge is 0.271 e. The molecule has 0 bridgehead atoms. The van der Waals surface area contributed by atoms with Crippen LogP contribution in [0.1, 0.15) is 63.1 Å². The molecule has 106 valence electrons. The summed E-state index contributed by atoms with van der Waals surface area (Å²) < 4.78 is 2.18. The molecule has 0 saturated heterocycles. The van der Waals surface area contributed by atoms with Crippen LogP contribution in [0.4, 0.5) is 0 Å². The van der Waals surface area contributed by atoms with Gasteiger partial charge in [0.15, 0.2) is 0 Å². The summed E-state index contributed by atoms with van der Waals surface area (Å²) in [6.07, 6.45) is 13.8. The van der Waals surface area contributed by atoms with Crippen LogP contribution in [-0.2, 0) is 6.42 Å². The summed E-state index contributed by atoms with van der Waals surface area (Å²) in [4.78, 5) is 0. The van der Waals surface area contributed by atoms with Crippen molar-refractivity contribution in [2.24, 2.45) is 11.8 Å². The number of hydrazine groups is 1. The van der Waals surface area contributed by atoms with Crippen molar-refractivity contribution in [3.63, 3.8) is 0 Å². The van der Waals surface area contributed by atoms with E-state index in [-0.39, 0.29) is 0 Å². The minimum atomic E-state index is 0.386. The van der Waals surface area contributed by atoms with Crippen molar-refractivity contribution in [1.29, 1.82) is 0 Å². The van der Waals surface area contributed by atoms with E-state index in [0.717, 1.165) is 12.3 Å². The lowest BCUT2D eigenvalue weighted by atomic mass is 9.80. The van der Waals surface area contributed by atoms with Crippen molar-refractivity contribution in [1.82, 2.24) is 15.2 Å². The highest BCUT2D eigenvalue weighted by Crippen LogP contribution is 2.31. The molecule has 1 aromatic heterocycles. The van der Waals surface area contributed by atoms with Gasteiger partial charge in [-0.25, -0.2) is 0 Å². The lowest BCUT2D eigenvalue weighted by Crippen LogP contribution is -2.39. The van der Waals surface area contributed by atoms with Gasteiger partial charge in [0.1, 0.15) is 0 Å². The highest BCUT2D eigenvalue weighted by molar-refractivity contribution is 5.03. The van der Waals surface area contributed by atoms with Gasteiger partial charge in [0.2, 0.25) is 0 Å². The Morgan fingerprint density at radius 1 is 1.26 bits per heavy atom. The predicted octanol–water partition coefficient (Wildman–Crippen LogP) is 2.56. The molecule has 19 heavy (non-hydrogen) atoms. The van der Waals surface area contributed by atoms with E-state index in [1.54, 1.807) is 0 Å². The zero-order valence-electron chi connectivity index (χ0n) is 11.7. The average molecular weight is 262 g/mol. The maximum Gasteiger partial charge on any atom is 0.0640 e. The van der Waals surface area contributed by atoms with Crippen LogP contribution in [0.3, 0.4) is 0 Å². The van der Waals surface area contributed by atoms with E-state index in [1.807, 2.05) is 0 Å². The summed E-state index contributed by atoms with van der Waals surface area (Å²) in [5.41, 5.74) is 4.17. The summed E-state index contributed by atoms with van der Waals surface area (Å²) in [5.74, 6) is 6.58. The van der Waals surface area contributed by atoms with Gasteiger partial charge in [-0.05, 0) is 31.2 Å². The van der Waals surface area contributed by atoms with Gasteiger partial charge in [-0.2, -0.15) is 5.10 Å². The number of aromatic nitrogens is 2. The summed E-state index contributed by atoms with van der Waals surface area (Å²) in [5, 5.41) is 4.75. The molecule has 2 aliphatic carbocycles. The quantitative estimate of drug-likeness (QED) is 0.612. The van der Waals surface area contributed by atoms with Crippen molar-refractivity contribution in [3.8, 4) is 0 Å². The van der Waals surface area contributed by atoms with Gasteiger partial charge in [-0.1, -0.05) is 32.1 Å². The third-order valence-electron chi connectivity index (χ3n) is 4.90. The van der Waals surface area contributed by atoms with Crippen LogP contribution in [0, 0.1) is 5.92 Å². The van der Waals surface area contributed by atoms with Crippen LogP contribution in [0.25, 0.3) is 0 Å². The Bertz CT molecular complexity index is 391. The van der Waals surface area contributed by atoms with E-state index in [4.69, 9.17) is 10.9 Å². The first-order chi connectivity index (χ1) is 9.35. The van der Waals surface area contributed by atoms with E-state index in [0.29, 0.717) is 12.1 Å². The molecule has 1 atom stereocenters. The maximum atomic E-state index is 5.69. The zero-order chi connectivity index (χ0) is 13.1. The zero-order valence-corrected chi connectivity index (χ0v) is 11.7. The minimum Gasteiger partial charge on any atom is -0.271 e. The van der Waals surface area contributed by atoms with E-state index in [9.17, 15) is 0 Å². The molecule has 1 unspecified atom stereocenters. The average Bonchev–Trinajstić information content (AvgIpc) is 3.02. The molecule has 0 radical (unpaired) electrons. The lowest BCUT2D eigenvalue weighted by molar-refractivity contribution is 0.259. The number of rotatable bonds is 6. The summed E-state index contributed by atoms with van der Waals surface area (Å²) in [7, 11) is 0. The summed E-state index contributed by atoms with van der Waals surface area (Å²) >= 11 is 0. The van der Waals surface area contributed by atoms with Crippen molar-refractivity contribution in [2.45, 2.75) is 69.9 Å². The third-order valence-corrected chi connectivity index (χ3v) is 4.90. The van der Waals surface area contributed by atoms with E-state index < -0.39 is 0 Å². The molecule has 2 aliphatic rings. The van der Waals surface area contributed by atoms with Gasteiger partial charge in [-0.15, -0.1) is 0 Å². The molecule has 1 aromatic rings. The van der Waals surface area contributed by atoms with Crippen molar-refractivity contribution < 1.29 is 0 Å². The molecule has 2 saturated carbocycles. The van der Waals surface area contributed by atoms with Gasteiger partial charge in [0.25, 0.3) is 0 Å². The first kappa shape index (κ1) is 13.1. The topological polar surface area (TPSA) is 55.9 Å². The first-order valence-corrected chi connectivity index (χ1v) is 7.85. The van der Waals surface area contributed by atoms with Gasteiger partial charge < -0.3 is 0 Å². The molecule has 2 fully saturated rings. The van der Waals surface area contributed by atoms with Crippen LogP contribution in [0.15, 0.2) is 12.3 Å². The lowest BCUT2D eigenvalue weighted by Gasteiger charge is -2.29. The molecular weight excluding hydrogens is 236 g/mol. The molecule has 1 heterocycles. The molecular formula is C15H26N4. The van der Waals surface area contributed by atoms with Crippen LogP contribution >= 0.6 is 0 Å². The fourth-order valence-electron chi connectivity index (χ4n) is 3.45. The molecule has 0 aliphatic heterocycles. The molecule has 0 aromatic carbocycles. The fourth-order valence-corrected chi connectivity index (χ4v) is 3.45. The second kappa shape index (κ2) is 6.06. The molecule has 0 spiro atoms. The van der Waals surface area contributed by atoms with Gasteiger partial charge >= 0.3 is 0 Å². The third kappa shape index (κ3) is 3.18. The second-order valence-electron chi connectivity index (χ2n) is 6.33. The van der Waals surface area contributed by atoms with E-state index in [2.05, 4.69) is 22.4 Å². The smallest absolute Gasteiger partial charge is 0.0640 e. The maximum absolute atomic E-state index is 5.69. The van der Waals surface area contributed by atoms with Crippen molar-refractivity contribution in [2.75, 3.05) is 0 Å². The predicted molar refractivity (Wildman–Crippen MR) is 76.5 cm³/mol. The van der Waals surface area contributed by atoms with Gasteiger partial charge in [0.05, 0.1) is 11.7 Å². The van der Waals surface area contributed by atoms with Gasteiger partial charge in [0, 0.05) is 18.7 Å². The summed E-state index contributed by atoms with van der Waals surface area (Å²) in [6.45, 7) is 0. The second-order valence-corrected chi connectivity index (χ2v) is 6.33. The van der Waals surface area contributed by atoms with Crippen LogP contribution in [0.2, 0.25) is 0 Å². The van der Waals surface area contributed by atoms with Crippen LogP contribution in [0.5, 0.6) is 0 Å². The molecule has 4 heteroatoms. The van der Waals surface area contributed by atoms with Crippen LogP contribution in [-0.4, -0.2) is 15.8 Å². The SMILES string of the molecule is NNC(Cc1ccn(C2CCCC2)n1)CC1CCC1. The highest BCUT2D eigenvalue weighted by Gasteiger charge is 2.23. The fraction of sp³-hybridized carbons (Fsp3) is 0.800. The standard InChI is InChI=1S/C15H26N4/c16-17-14(10-12-4-3-5-12)11-13-8-9-19(18-13)15-6-1-2-7-15/h8-9,12,14-15,17H,1-7,10-11,16H2. The minimum absolute atomic E-state index is 0.386. The number of nitrogens with zero attached hydrogens (tertiary/aromatic N) is 2. The Balaban J connectivity index is 1.55. The molecule has 0 amide bonds. The number of hydrogen-bond acceptors (Lipinski definition) is 3. The molecule has 4 nitrogen and oxygen atoms in total. The van der Waals surface area contributed by atoms with Gasteiger partial charge in [-0.3, -0.25) is 16.0 Å². The van der Waals surface area contributed by atoms with Crippen LogP contribution < -0.4 is 11.3 Å². The number of hydrogen-bond donors (Lipinski definition) is 2. The Labute approximate surface area is 115 Å². The molecule has 3 rings (SSSR count). The monoisotopic (exact) mass is 262 g/mol. The Morgan fingerprint density at radius 3 is 2.68 bits per heavy atom. The Kier molecular flexibility index (Phi) is 4.18. The Hall–Kier alpha value is -0.870. The van der Waals surface area contributed by atoms with Crippen molar-refractivity contribution >= 4 is 0 Å². The molecule has 3 N–H and O–H groups in total. The number of nitrogens with one attached hydrogen (secondary N) is 1. The van der Waals surface area contributed by atoms with E-state index in [1.165, 1.54) is 57.1 Å². The highest BCUT2D eigenvalue weighted by atomic mass is 15.3.